The van der Waals surface area contributed by atoms with Crippen molar-refractivity contribution in [2.75, 3.05) is 0 Å². The van der Waals surface area contributed by atoms with Crippen molar-refractivity contribution in [1.82, 2.24) is 0 Å². The minimum atomic E-state index is -3.37. The molecule has 6 heteroatoms. The molecule has 0 radical (unpaired) electrons. The predicted molar refractivity (Wildman–Crippen MR) is 17.0 cm³/mol. The van der Waals surface area contributed by atoms with Crippen molar-refractivity contribution < 1.29 is 19.8 Å². The Bertz CT molecular complexity index is 30.5. The first-order valence-electron chi connectivity index (χ1n) is 0.548. The van der Waals surface area contributed by atoms with E-state index in [0.717, 1.165) is 0 Å². The largest absolute Gasteiger partial charge is 2.00 e. The van der Waals surface area contributed by atoms with Crippen molar-refractivity contribution >= 4 is 53.7 Å². The Balaban J connectivity index is -0.0000000450. The van der Waals surface area contributed by atoms with Gasteiger partial charge in [-0.3, -0.25) is 0 Å². The van der Waals surface area contributed by atoms with Crippen LogP contribution in [0.4, 0.5) is 0 Å². The zero-order valence-corrected chi connectivity index (χ0v) is 7.25. The SMILES string of the molecule is O.O=[P+]([O-])[O-].[Sr+2]. The van der Waals surface area contributed by atoms with Crippen molar-refractivity contribution in [3.63, 3.8) is 0 Å². The van der Waals surface area contributed by atoms with Crippen LogP contribution in [0.5, 0.6) is 0 Å². The van der Waals surface area contributed by atoms with E-state index in [4.69, 9.17) is 14.4 Å². The maximum absolute atomic E-state index is 8.48. The van der Waals surface area contributed by atoms with Gasteiger partial charge < -0.3 is 15.3 Å². The van der Waals surface area contributed by atoms with Gasteiger partial charge in [0.15, 0.2) is 0 Å². The Morgan fingerprint density at radius 3 is 1.33 bits per heavy atom. The molecule has 0 aliphatic rings. The van der Waals surface area contributed by atoms with E-state index in [1.807, 2.05) is 0 Å². The van der Waals surface area contributed by atoms with Crippen LogP contribution in [0.1, 0.15) is 0 Å². The van der Waals surface area contributed by atoms with Crippen LogP contribution >= 0.6 is 8.25 Å². The van der Waals surface area contributed by atoms with Crippen LogP contribution in [0.25, 0.3) is 0 Å². The summed E-state index contributed by atoms with van der Waals surface area (Å²) in [4.78, 5) is 17.0. The molecule has 0 saturated carbocycles. The number of hydrogen-bond acceptors (Lipinski definition) is 3. The first-order valence-corrected chi connectivity index (χ1v) is 1.64. The third-order valence-corrected chi connectivity index (χ3v) is 0. The van der Waals surface area contributed by atoms with Crippen LogP contribution in [-0.4, -0.2) is 51.0 Å². The molecule has 0 spiro atoms. The number of hydrogen-bond donors (Lipinski definition) is 0. The van der Waals surface area contributed by atoms with E-state index in [1.54, 1.807) is 0 Å². The Kier molecular flexibility index (Phi) is 25.3. The van der Waals surface area contributed by atoms with Crippen molar-refractivity contribution in [3.05, 3.63) is 0 Å². The van der Waals surface area contributed by atoms with Gasteiger partial charge in [0.05, 0.1) is 0 Å². The normalized spacial score (nSPS) is 4.33. The van der Waals surface area contributed by atoms with Crippen LogP contribution in [0.15, 0.2) is 0 Å². The average molecular weight is 185 g/mol. The molecule has 4 nitrogen and oxygen atoms in total. The second-order valence-electron chi connectivity index (χ2n) is 0.224. The summed E-state index contributed by atoms with van der Waals surface area (Å²) in [7, 11) is -3.37. The first kappa shape index (κ1) is 15.7. The van der Waals surface area contributed by atoms with Gasteiger partial charge in [0, 0.05) is 0 Å². The standard InChI is InChI=1S/HO3P.H2O.Sr/c1-4(2)3;;/h(H,1,2,3);1H2;/q;;+2/p-1. The summed E-state index contributed by atoms with van der Waals surface area (Å²) in [5, 5.41) is 0. The molecule has 6 heavy (non-hydrogen) atoms. The van der Waals surface area contributed by atoms with E-state index in [-0.39, 0.29) is 51.0 Å². The zero-order chi connectivity index (χ0) is 3.58. The van der Waals surface area contributed by atoms with Gasteiger partial charge in [0.2, 0.25) is 0 Å². The minimum Gasteiger partial charge on any atom is -0.598 e. The molecule has 32 valence electrons. The van der Waals surface area contributed by atoms with Crippen LogP contribution in [-0.2, 0) is 4.57 Å². The fourth-order valence-electron chi connectivity index (χ4n) is 0. The van der Waals surface area contributed by atoms with Crippen molar-refractivity contribution in [2.24, 2.45) is 0 Å². The molecule has 0 amide bonds. The van der Waals surface area contributed by atoms with E-state index in [9.17, 15) is 0 Å². The fraction of sp³-hybridized carbons (Fsp3) is 0. The topological polar surface area (TPSA) is 94.7 Å². The summed E-state index contributed by atoms with van der Waals surface area (Å²) in [5.74, 6) is 0. The van der Waals surface area contributed by atoms with E-state index in [2.05, 4.69) is 0 Å². The van der Waals surface area contributed by atoms with E-state index < -0.39 is 8.25 Å². The summed E-state index contributed by atoms with van der Waals surface area (Å²) < 4.78 is 8.48. The van der Waals surface area contributed by atoms with Gasteiger partial charge in [-0.05, 0) is 0 Å². The molecule has 0 bridgehead atoms. The molecule has 0 aliphatic heterocycles. The molecule has 0 aromatic carbocycles. The zero-order valence-electron chi connectivity index (χ0n) is 2.88. The van der Waals surface area contributed by atoms with Crippen molar-refractivity contribution in [2.45, 2.75) is 0 Å². The molecule has 0 fully saturated rings. The van der Waals surface area contributed by atoms with Crippen LogP contribution < -0.4 is 9.79 Å². The van der Waals surface area contributed by atoms with E-state index in [1.165, 1.54) is 0 Å². The molecule has 0 atom stereocenters. The summed E-state index contributed by atoms with van der Waals surface area (Å²) >= 11 is 0. The molecular weight excluding hydrogens is 183 g/mol. The molecule has 2 N–H and O–H groups in total. The fourth-order valence-corrected chi connectivity index (χ4v) is 0. The van der Waals surface area contributed by atoms with Gasteiger partial charge in [-0.2, -0.15) is 0 Å². The van der Waals surface area contributed by atoms with Gasteiger partial charge in [-0.15, -0.1) is 0 Å². The predicted octanol–water partition coefficient (Wildman–Crippen LogP) is -2.84. The monoisotopic (exact) mass is 185 g/mol. The average Bonchev–Trinajstić information content (AvgIpc) is 0.811. The van der Waals surface area contributed by atoms with Gasteiger partial charge in [-0.1, -0.05) is 4.57 Å². The van der Waals surface area contributed by atoms with Crippen molar-refractivity contribution in [1.29, 1.82) is 0 Å². The Labute approximate surface area is 72.7 Å². The summed E-state index contributed by atoms with van der Waals surface area (Å²) in [5.41, 5.74) is 0. The maximum atomic E-state index is 8.48. The van der Waals surface area contributed by atoms with Gasteiger partial charge in [-0.25, -0.2) is 0 Å². The summed E-state index contributed by atoms with van der Waals surface area (Å²) in [6.45, 7) is 0. The van der Waals surface area contributed by atoms with Gasteiger partial charge >= 0.3 is 45.5 Å². The molecule has 0 aliphatic carbocycles. The molecule has 0 aromatic rings. The third-order valence-electron chi connectivity index (χ3n) is 0. The third kappa shape index (κ3) is 50.9. The Hall–Kier alpha value is 1.46. The minimum absolute atomic E-state index is 0. The van der Waals surface area contributed by atoms with Gasteiger partial charge in [0.1, 0.15) is 0 Å². The van der Waals surface area contributed by atoms with Crippen molar-refractivity contribution in [3.8, 4) is 0 Å². The maximum Gasteiger partial charge on any atom is 2.00 e. The molecule has 0 heterocycles. The second-order valence-corrected chi connectivity index (χ2v) is 0.671. The smallest absolute Gasteiger partial charge is 0.598 e. The first-order chi connectivity index (χ1) is 1.73. The summed E-state index contributed by atoms with van der Waals surface area (Å²) in [6.07, 6.45) is 0. The van der Waals surface area contributed by atoms with Crippen LogP contribution in [0.2, 0.25) is 0 Å². The molecule has 0 saturated heterocycles. The second kappa shape index (κ2) is 9.68. The Morgan fingerprint density at radius 1 is 1.33 bits per heavy atom. The van der Waals surface area contributed by atoms with E-state index in [0.29, 0.717) is 0 Å². The Morgan fingerprint density at radius 2 is 1.33 bits per heavy atom. The van der Waals surface area contributed by atoms with E-state index >= 15 is 0 Å². The quantitative estimate of drug-likeness (QED) is 0.300. The van der Waals surface area contributed by atoms with Gasteiger partial charge in [0.25, 0.3) is 8.25 Å². The molecule has 0 aromatic heterocycles. The molecule has 0 rings (SSSR count). The molecule has 0 unspecified atom stereocenters. The number of rotatable bonds is 0. The van der Waals surface area contributed by atoms with Crippen LogP contribution in [0.3, 0.4) is 0 Å². The van der Waals surface area contributed by atoms with Crippen LogP contribution in [0, 0.1) is 0 Å². The molecular formula is H2O4PSr+. The summed E-state index contributed by atoms with van der Waals surface area (Å²) in [6, 6.07) is 0.